The fraction of sp³-hybridized carbons (Fsp3) is 0.235. The van der Waals surface area contributed by atoms with E-state index in [-0.39, 0.29) is 0 Å². The fourth-order valence-corrected chi connectivity index (χ4v) is 2.90. The minimum absolute atomic E-state index is 0.454. The number of carbonyl (C=O) groups excluding carboxylic acids is 1. The van der Waals surface area contributed by atoms with Gasteiger partial charge in [-0.2, -0.15) is 0 Å². The molecule has 1 aliphatic rings. The Balaban J connectivity index is 1.78. The van der Waals surface area contributed by atoms with Gasteiger partial charge in [0.1, 0.15) is 5.69 Å². The van der Waals surface area contributed by atoms with E-state index in [0.29, 0.717) is 18.2 Å². The molecule has 1 fully saturated rings. The molecule has 4 nitrogen and oxygen atoms in total. The van der Waals surface area contributed by atoms with Gasteiger partial charge in [0.2, 0.25) is 0 Å². The zero-order valence-electron chi connectivity index (χ0n) is 11.6. The molecule has 0 N–H and O–H groups in total. The highest BCUT2D eigenvalue weighted by molar-refractivity contribution is 5.85. The summed E-state index contributed by atoms with van der Waals surface area (Å²) in [7, 11) is 0. The van der Waals surface area contributed by atoms with Crippen molar-refractivity contribution in [3.8, 4) is 0 Å². The number of rotatable bonds is 4. The smallest absolute Gasteiger partial charge is 0.172 e. The molecule has 1 aromatic heterocycles. The third kappa shape index (κ3) is 2.13. The molecule has 1 saturated carbocycles. The van der Waals surface area contributed by atoms with Crippen LogP contribution in [0.4, 0.5) is 0 Å². The molecule has 0 unspecified atom stereocenters. The Morgan fingerprint density at radius 2 is 1.95 bits per heavy atom. The van der Waals surface area contributed by atoms with Crippen LogP contribution in [0.25, 0.3) is 10.8 Å². The van der Waals surface area contributed by atoms with Gasteiger partial charge in [0, 0.05) is 5.92 Å². The summed E-state index contributed by atoms with van der Waals surface area (Å²) in [5.41, 5.74) is 2.70. The summed E-state index contributed by atoms with van der Waals surface area (Å²) in [6, 6.07) is 14.6. The van der Waals surface area contributed by atoms with Crippen LogP contribution < -0.4 is 0 Å². The number of benzene rings is 2. The number of aromatic nitrogens is 3. The summed E-state index contributed by atoms with van der Waals surface area (Å²) >= 11 is 0. The summed E-state index contributed by atoms with van der Waals surface area (Å²) in [5.74, 6) is 0.454. The van der Waals surface area contributed by atoms with Gasteiger partial charge in [-0.25, -0.2) is 4.68 Å². The van der Waals surface area contributed by atoms with E-state index in [1.54, 1.807) is 0 Å². The predicted molar refractivity (Wildman–Crippen MR) is 80.4 cm³/mol. The predicted octanol–water partition coefficient (Wildman–Crippen LogP) is 3.17. The van der Waals surface area contributed by atoms with Crippen molar-refractivity contribution in [3.05, 3.63) is 59.4 Å². The maximum Gasteiger partial charge on any atom is 0.172 e. The zero-order chi connectivity index (χ0) is 14.2. The number of fused-ring (bicyclic) bond motifs is 1. The first-order valence-electron chi connectivity index (χ1n) is 7.22. The van der Waals surface area contributed by atoms with Gasteiger partial charge in [0.25, 0.3) is 0 Å². The van der Waals surface area contributed by atoms with Crippen LogP contribution in [0.15, 0.2) is 42.5 Å². The Morgan fingerprint density at radius 3 is 2.76 bits per heavy atom. The van der Waals surface area contributed by atoms with E-state index < -0.39 is 0 Å². The van der Waals surface area contributed by atoms with Crippen molar-refractivity contribution >= 4 is 17.1 Å². The number of hydrogen-bond acceptors (Lipinski definition) is 3. The van der Waals surface area contributed by atoms with Crippen molar-refractivity contribution in [1.29, 1.82) is 0 Å². The Kier molecular flexibility index (Phi) is 2.81. The maximum atomic E-state index is 11.1. The molecule has 104 valence electrons. The zero-order valence-corrected chi connectivity index (χ0v) is 11.6. The molecule has 4 heteroatoms. The molecule has 2 aromatic carbocycles. The molecule has 0 atom stereocenters. The quantitative estimate of drug-likeness (QED) is 0.688. The summed E-state index contributed by atoms with van der Waals surface area (Å²) in [6.45, 7) is 0.661. The van der Waals surface area contributed by atoms with E-state index in [9.17, 15) is 4.79 Å². The third-order valence-corrected chi connectivity index (χ3v) is 4.08. The van der Waals surface area contributed by atoms with Gasteiger partial charge in [-0.3, -0.25) is 4.79 Å². The standard InChI is InChI=1S/C17H15N3O/c21-11-16-17(13-8-9-13)20(19-18-16)10-14-6-3-5-12-4-1-2-7-15(12)14/h1-7,11,13H,8-10H2. The largest absolute Gasteiger partial charge is 0.296 e. The van der Waals surface area contributed by atoms with Gasteiger partial charge >= 0.3 is 0 Å². The lowest BCUT2D eigenvalue weighted by Gasteiger charge is -2.09. The van der Waals surface area contributed by atoms with E-state index in [4.69, 9.17) is 0 Å². The Morgan fingerprint density at radius 1 is 1.14 bits per heavy atom. The molecule has 0 radical (unpaired) electrons. The van der Waals surface area contributed by atoms with Gasteiger partial charge < -0.3 is 0 Å². The van der Waals surface area contributed by atoms with Crippen LogP contribution in [-0.4, -0.2) is 21.3 Å². The molecule has 0 spiro atoms. The van der Waals surface area contributed by atoms with E-state index >= 15 is 0 Å². The molecular weight excluding hydrogens is 262 g/mol. The second-order valence-corrected chi connectivity index (χ2v) is 5.55. The van der Waals surface area contributed by atoms with Gasteiger partial charge in [-0.05, 0) is 29.2 Å². The third-order valence-electron chi connectivity index (χ3n) is 4.08. The molecular formula is C17H15N3O. The molecule has 0 aliphatic heterocycles. The van der Waals surface area contributed by atoms with Crippen LogP contribution in [0.5, 0.6) is 0 Å². The van der Waals surface area contributed by atoms with Crippen molar-refractivity contribution in [1.82, 2.24) is 15.0 Å². The maximum absolute atomic E-state index is 11.1. The van der Waals surface area contributed by atoms with Gasteiger partial charge in [0.05, 0.1) is 12.2 Å². The monoisotopic (exact) mass is 277 g/mol. The van der Waals surface area contributed by atoms with Crippen molar-refractivity contribution in [2.75, 3.05) is 0 Å². The highest BCUT2D eigenvalue weighted by Crippen LogP contribution is 2.41. The van der Waals surface area contributed by atoms with E-state index in [2.05, 4.69) is 40.6 Å². The lowest BCUT2D eigenvalue weighted by Crippen LogP contribution is -2.07. The number of aldehydes is 1. The Labute approximate surface area is 122 Å². The first-order valence-corrected chi connectivity index (χ1v) is 7.22. The average Bonchev–Trinajstić information content (AvgIpc) is 3.29. The van der Waals surface area contributed by atoms with Crippen LogP contribution in [0.3, 0.4) is 0 Å². The molecule has 1 heterocycles. The topological polar surface area (TPSA) is 47.8 Å². The molecule has 4 rings (SSSR count). The highest BCUT2D eigenvalue weighted by atomic mass is 16.1. The van der Waals surface area contributed by atoms with Gasteiger partial charge in [0.15, 0.2) is 6.29 Å². The van der Waals surface area contributed by atoms with Crippen LogP contribution in [0, 0.1) is 0 Å². The second kappa shape index (κ2) is 4.81. The SMILES string of the molecule is O=Cc1nnn(Cc2cccc3ccccc23)c1C1CC1. The van der Waals surface area contributed by atoms with Crippen molar-refractivity contribution in [3.63, 3.8) is 0 Å². The first-order chi connectivity index (χ1) is 10.4. The second-order valence-electron chi connectivity index (χ2n) is 5.55. The first kappa shape index (κ1) is 12.3. The number of nitrogens with zero attached hydrogens (tertiary/aromatic N) is 3. The highest BCUT2D eigenvalue weighted by Gasteiger charge is 2.31. The van der Waals surface area contributed by atoms with E-state index in [1.807, 2.05) is 16.8 Å². The van der Waals surface area contributed by atoms with Crippen LogP contribution in [0.2, 0.25) is 0 Å². The van der Waals surface area contributed by atoms with Crippen molar-refractivity contribution in [2.45, 2.75) is 25.3 Å². The summed E-state index contributed by atoms with van der Waals surface area (Å²) in [5, 5.41) is 10.7. The van der Waals surface area contributed by atoms with Gasteiger partial charge in [-0.1, -0.05) is 47.7 Å². The van der Waals surface area contributed by atoms with E-state index in [1.165, 1.54) is 16.3 Å². The van der Waals surface area contributed by atoms with Crippen LogP contribution >= 0.6 is 0 Å². The Hall–Kier alpha value is -2.49. The minimum atomic E-state index is 0.454. The molecule has 1 aliphatic carbocycles. The molecule has 0 bridgehead atoms. The molecule has 0 saturated heterocycles. The minimum Gasteiger partial charge on any atom is -0.296 e. The van der Waals surface area contributed by atoms with E-state index in [0.717, 1.165) is 24.8 Å². The lowest BCUT2D eigenvalue weighted by molar-refractivity contribution is 0.111. The summed E-state index contributed by atoms with van der Waals surface area (Å²) in [4.78, 5) is 11.1. The molecule has 0 amide bonds. The number of hydrogen-bond donors (Lipinski definition) is 0. The van der Waals surface area contributed by atoms with Crippen LogP contribution in [0.1, 0.15) is 40.5 Å². The van der Waals surface area contributed by atoms with Crippen molar-refractivity contribution < 1.29 is 4.79 Å². The van der Waals surface area contributed by atoms with Crippen molar-refractivity contribution in [2.24, 2.45) is 0 Å². The lowest BCUT2D eigenvalue weighted by atomic mass is 10.0. The Bertz CT molecular complexity index is 813. The van der Waals surface area contributed by atoms with Gasteiger partial charge in [-0.15, -0.1) is 5.10 Å². The van der Waals surface area contributed by atoms with Crippen LogP contribution in [-0.2, 0) is 6.54 Å². The fourth-order valence-electron chi connectivity index (χ4n) is 2.90. The molecule has 3 aromatic rings. The normalized spacial score (nSPS) is 14.5. The average molecular weight is 277 g/mol. The molecule has 21 heavy (non-hydrogen) atoms. The summed E-state index contributed by atoms with van der Waals surface area (Å²) < 4.78 is 1.89. The number of carbonyl (C=O) groups is 1. The summed E-state index contributed by atoms with van der Waals surface area (Å²) in [6.07, 6.45) is 3.08.